The fourth-order valence-corrected chi connectivity index (χ4v) is 6.05. The van der Waals surface area contributed by atoms with Crippen molar-refractivity contribution in [3.63, 3.8) is 0 Å². The number of aromatic nitrogens is 4. The Hall–Kier alpha value is -4.51. The average molecular weight is 626 g/mol. The zero-order valence-electron chi connectivity index (χ0n) is 26.0. The van der Waals surface area contributed by atoms with E-state index in [0.717, 1.165) is 58.6 Å². The van der Waals surface area contributed by atoms with Crippen LogP contribution in [0.4, 0.5) is 10.9 Å². The first kappa shape index (κ1) is 31.9. The molecular formula is C34H39N7O3S. The Kier molecular flexibility index (Phi) is 10.3. The minimum absolute atomic E-state index is 0.0688. The van der Waals surface area contributed by atoms with Crippen LogP contribution < -0.4 is 10.6 Å². The van der Waals surface area contributed by atoms with E-state index in [2.05, 4.69) is 51.8 Å². The summed E-state index contributed by atoms with van der Waals surface area (Å²) in [7, 11) is 0. The van der Waals surface area contributed by atoms with Crippen molar-refractivity contribution in [3.05, 3.63) is 93.6 Å². The van der Waals surface area contributed by atoms with Crippen molar-refractivity contribution >= 4 is 40.0 Å². The number of hydrogen-bond acceptors (Lipinski definition) is 8. The number of carbonyl (C=O) groups excluding carboxylic acids is 3. The topological polar surface area (TPSA) is 130 Å². The van der Waals surface area contributed by atoms with E-state index in [4.69, 9.17) is 0 Å². The maximum absolute atomic E-state index is 12.9. The van der Waals surface area contributed by atoms with E-state index in [9.17, 15) is 14.4 Å². The molecule has 0 saturated heterocycles. The molecule has 234 valence electrons. The van der Waals surface area contributed by atoms with E-state index < -0.39 is 0 Å². The highest BCUT2D eigenvalue weighted by Crippen LogP contribution is 2.29. The highest BCUT2D eigenvalue weighted by Gasteiger charge is 2.28. The van der Waals surface area contributed by atoms with Crippen LogP contribution in [-0.4, -0.2) is 43.0 Å². The molecule has 0 aliphatic carbocycles. The van der Waals surface area contributed by atoms with Gasteiger partial charge in [-0.2, -0.15) is 5.10 Å². The van der Waals surface area contributed by atoms with E-state index >= 15 is 0 Å². The van der Waals surface area contributed by atoms with Gasteiger partial charge in [-0.1, -0.05) is 80.6 Å². The van der Waals surface area contributed by atoms with Crippen LogP contribution in [0.5, 0.6) is 0 Å². The van der Waals surface area contributed by atoms with Gasteiger partial charge in [-0.25, -0.2) is 0 Å². The van der Waals surface area contributed by atoms with Gasteiger partial charge >= 0.3 is 0 Å². The standard InChI is InChI=1S/C34H39N7O3S/c1-34(2,3)20-32(44)41-21-25-13-9-12-24(27(25)22-41)19-30(43)36-33-40-39-31(45-33)15-8-7-14-26-16-17-28(38-37-26)35-29(42)18-23-10-5-4-6-11-23/h4-6,9-13,16-17H,7-8,14-15,18-22H2,1-3H3,(H,35,38,42)(H,36,40,43). The van der Waals surface area contributed by atoms with Crippen molar-refractivity contribution < 1.29 is 14.4 Å². The third-order valence-corrected chi connectivity index (χ3v) is 8.35. The Bertz CT molecular complexity index is 1630. The van der Waals surface area contributed by atoms with Gasteiger partial charge in [-0.15, -0.1) is 15.3 Å². The average Bonchev–Trinajstić information content (AvgIpc) is 3.63. The Labute approximate surface area is 267 Å². The largest absolute Gasteiger partial charge is 0.334 e. The molecule has 0 unspecified atom stereocenters. The van der Waals surface area contributed by atoms with Crippen LogP contribution in [0, 0.1) is 5.41 Å². The molecule has 0 spiro atoms. The molecule has 2 N–H and O–H groups in total. The van der Waals surface area contributed by atoms with Gasteiger partial charge in [0, 0.05) is 25.9 Å². The summed E-state index contributed by atoms with van der Waals surface area (Å²) >= 11 is 1.39. The number of fused-ring (bicyclic) bond motifs is 1. The van der Waals surface area contributed by atoms with E-state index in [-0.39, 0.29) is 36.0 Å². The smallest absolute Gasteiger partial charge is 0.230 e. The second-order valence-corrected chi connectivity index (χ2v) is 13.7. The molecule has 1 aliphatic heterocycles. The Balaban J connectivity index is 1.03. The third-order valence-electron chi connectivity index (χ3n) is 7.45. The lowest BCUT2D eigenvalue weighted by molar-refractivity contribution is -0.133. The van der Waals surface area contributed by atoms with Gasteiger partial charge in [-0.3, -0.25) is 14.4 Å². The van der Waals surface area contributed by atoms with Gasteiger partial charge in [0.2, 0.25) is 22.9 Å². The maximum Gasteiger partial charge on any atom is 0.230 e. The monoisotopic (exact) mass is 625 g/mol. The number of rotatable bonds is 12. The lowest BCUT2D eigenvalue weighted by Gasteiger charge is -2.22. The van der Waals surface area contributed by atoms with Gasteiger partial charge in [0.05, 0.1) is 18.5 Å². The highest BCUT2D eigenvalue weighted by molar-refractivity contribution is 7.15. The zero-order valence-corrected chi connectivity index (χ0v) is 26.8. The van der Waals surface area contributed by atoms with Crippen molar-refractivity contribution in [3.8, 4) is 0 Å². The van der Waals surface area contributed by atoms with Crippen molar-refractivity contribution in [2.45, 2.75) is 78.8 Å². The van der Waals surface area contributed by atoms with E-state index in [1.807, 2.05) is 59.5 Å². The van der Waals surface area contributed by atoms with Gasteiger partial charge < -0.3 is 15.5 Å². The minimum Gasteiger partial charge on any atom is -0.334 e. The highest BCUT2D eigenvalue weighted by atomic mass is 32.1. The predicted molar refractivity (Wildman–Crippen MR) is 174 cm³/mol. The predicted octanol–water partition coefficient (Wildman–Crippen LogP) is 5.53. The van der Waals surface area contributed by atoms with Crippen LogP contribution in [-0.2, 0) is 53.2 Å². The molecule has 3 amide bonds. The summed E-state index contributed by atoms with van der Waals surface area (Å²) in [6, 6.07) is 19.2. The van der Waals surface area contributed by atoms with Gasteiger partial charge in [0.15, 0.2) is 5.82 Å². The van der Waals surface area contributed by atoms with Crippen LogP contribution in [0.2, 0.25) is 0 Å². The van der Waals surface area contributed by atoms with Crippen LogP contribution in [0.15, 0.2) is 60.7 Å². The second kappa shape index (κ2) is 14.5. The molecule has 45 heavy (non-hydrogen) atoms. The lowest BCUT2D eigenvalue weighted by atomic mass is 9.91. The summed E-state index contributed by atoms with van der Waals surface area (Å²) in [5.41, 5.74) is 4.84. The second-order valence-electron chi connectivity index (χ2n) is 12.6. The molecule has 0 radical (unpaired) electrons. The summed E-state index contributed by atoms with van der Waals surface area (Å²) in [5.74, 6) is 0.300. The molecule has 2 aromatic carbocycles. The first-order valence-electron chi connectivity index (χ1n) is 15.3. The lowest BCUT2D eigenvalue weighted by Crippen LogP contribution is -2.29. The number of anilines is 2. The van der Waals surface area contributed by atoms with Crippen molar-refractivity contribution in [2.75, 3.05) is 10.6 Å². The van der Waals surface area contributed by atoms with Gasteiger partial charge in [-0.05, 0) is 59.1 Å². The van der Waals surface area contributed by atoms with E-state index in [1.165, 1.54) is 11.3 Å². The molecule has 1 aliphatic rings. The number of nitrogens with zero attached hydrogens (tertiary/aromatic N) is 5. The van der Waals surface area contributed by atoms with Gasteiger partial charge in [0.25, 0.3) is 0 Å². The molecule has 3 heterocycles. The Morgan fingerprint density at radius 1 is 0.800 bits per heavy atom. The normalized spacial score (nSPS) is 12.6. The zero-order chi connectivity index (χ0) is 31.8. The number of hydrogen-bond donors (Lipinski definition) is 2. The summed E-state index contributed by atoms with van der Waals surface area (Å²) in [5, 5.41) is 23.8. The number of benzene rings is 2. The summed E-state index contributed by atoms with van der Waals surface area (Å²) in [6.07, 6.45) is 4.29. The molecule has 0 atom stereocenters. The Morgan fingerprint density at radius 2 is 1.58 bits per heavy atom. The minimum atomic E-state index is -0.149. The third kappa shape index (κ3) is 9.49. The molecule has 5 rings (SSSR count). The molecule has 4 aromatic rings. The molecule has 10 nitrogen and oxygen atoms in total. The molecule has 11 heteroatoms. The molecule has 0 bridgehead atoms. The summed E-state index contributed by atoms with van der Waals surface area (Å²) in [4.78, 5) is 39.8. The first-order chi connectivity index (χ1) is 21.6. The Morgan fingerprint density at radius 3 is 2.33 bits per heavy atom. The molecule has 2 aromatic heterocycles. The van der Waals surface area contributed by atoms with Crippen molar-refractivity contribution in [2.24, 2.45) is 5.41 Å². The van der Waals surface area contributed by atoms with Crippen molar-refractivity contribution in [1.82, 2.24) is 25.3 Å². The van der Waals surface area contributed by atoms with Crippen LogP contribution in [0.1, 0.15) is 73.0 Å². The van der Waals surface area contributed by atoms with Gasteiger partial charge in [0.1, 0.15) is 5.01 Å². The maximum atomic E-state index is 12.9. The summed E-state index contributed by atoms with van der Waals surface area (Å²) < 4.78 is 0. The van der Waals surface area contributed by atoms with Crippen LogP contribution >= 0.6 is 11.3 Å². The first-order valence-corrected chi connectivity index (χ1v) is 16.1. The van der Waals surface area contributed by atoms with E-state index in [1.54, 1.807) is 6.07 Å². The SMILES string of the molecule is CC(C)(C)CC(=O)N1Cc2cccc(CC(=O)Nc3nnc(CCCCc4ccc(NC(=O)Cc5ccccc5)nn4)s3)c2C1. The molecule has 0 saturated carbocycles. The number of amides is 3. The van der Waals surface area contributed by atoms with E-state index in [0.29, 0.717) is 30.5 Å². The quantitative estimate of drug-likeness (QED) is 0.198. The summed E-state index contributed by atoms with van der Waals surface area (Å²) in [6.45, 7) is 7.32. The number of nitrogens with one attached hydrogen (secondary N) is 2. The fraction of sp³-hybridized carbons (Fsp3) is 0.382. The van der Waals surface area contributed by atoms with Crippen molar-refractivity contribution in [1.29, 1.82) is 0 Å². The van der Waals surface area contributed by atoms with Crippen LogP contribution in [0.25, 0.3) is 0 Å². The van der Waals surface area contributed by atoms with Crippen LogP contribution in [0.3, 0.4) is 0 Å². The fourth-order valence-electron chi connectivity index (χ4n) is 5.25. The molecule has 0 fully saturated rings. The number of aryl methyl sites for hydroxylation is 2. The number of unbranched alkanes of at least 4 members (excludes halogenated alkanes) is 1. The molecular weight excluding hydrogens is 586 g/mol. The number of carbonyl (C=O) groups is 3.